The smallest absolute Gasteiger partial charge is 0.325 e. The zero-order valence-electron chi connectivity index (χ0n) is 16.0. The van der Waals surface area contributed by atoms with Crippen LogP contribution in [0.3, 0.4) is 0 Å². The number of fused-ring (bicyclic) bond motifs is 1. The fourth-order valence-corrected chi connectivity index (χ4v) is 3.90. The molecule has 4 rings (SSSR count). The average Bonchev–Trinajstić information content (AvgIpc) is 3.09. The summed E-state index contributed by atoms with van der Waals surface area (Å²) in [5.74, 6) is -0.192. The summed E-state index contributed by atoms with van der Waals surface area (Å²) in [6, 6.07) is 21.3. The van der Waals surface area contributed by atoms with Gasteiger partial charge in [-0.2, -0.15) is 0 Å². The van der Waals surface area contributed by atoms with Crippen molar-refractivity contribution in [3.63, 3.8) is 0 Å². The number of rotatable bonds is 5. The number of nitrogens with zero attached hydrogens (tertiary/aromatic N) is 1. The number of amides is 1. The lowest BCUT2D eigenvalue weighted by atomic mass is 10.1. The van der Waals surface area contributed by atoms with E-state index in [0.29, 0.717) is 5.03 Å². The van der Waals surface area contributed by atoms with Crippen molar-refractivity contribution >= 4 is 34.1 Å². The Bertz CT molecular complexity index is 1220. The highest BCUT2D eigenvalue weighted by atomic mass is 32.2. The van der Waals surface area contributed by atoms with Gasteiger partial charge in [0.05, 0.1) is 5.25 Å². The first-order valence-corrected chi connectivity index (χ1v) is 10.1. The zero-order chi connectivity index (χ0) is 20.4. The van der Waals surface area contributed by atoms with Crippen molar-refractivity contribution in [3.05, 3.63) is 82.7 Å². The molecule has 0 spiro atoms. The van der Waals surface area contributed by atoms with Crippen LogP contribution in [0.4, 0.5) is 5.69 Å². The van der Waals surface area contributed by atoms with E-state index >= 15 is 0 Å². The fourth-order valence-electron chi connectivity index (χ4n) is 3.02. The molecule has 6 nitrogen and oxygen atoms in total. The van der Waals surface area contributed by atoms with E-state index in [1.165, 1.54) is 0 Å². The Morgan fingerprint density at radius 3 is 2.59 bits per heavy atom. The molecule has 0 saturated carbocycles. The SMILES string of the molecule is Cc1ccc(-[n+]2[nH]oc(=O)c2SC(C)C(=O)Nc2cccc3ccccc23)cc1. The molecule has 146 valence electrons. The molecule has 3 aromatic carbocycles. The molecule has 2 N–H and O–H groups in total. The molecule has 0 aliphatic carbocycles. The molecular formula is C22H20N3O3S+. The number of hydrogen-bond acceptors (Lipinski definition) is 4. The standard InChI is InChI=1S/C22H19N3O3S/c1-14-10-12-17(13-11-14)25-21(22(27)28-24-25)29-15(2)20(26)23-19-9-5-7-16-6-3-4-8-18(16)19/h3-13,15H,1-2H3,(H-,23,24,26,27)/p+1. The number of H-pyrrole nitrogens is 1. The maximum absolute atomic E-state index is 12.8. The van der Waals surface area contributed by atoms with Gasteiger partial charge in [-0.15, -0.1) is 0 Å². The van der Waals surface area contributed by atoms with Gasteiger partial charge in [0.2, 0.25) is 11.6 Å². The summed E-state index contributed by atoms with van der Waals surface area (Å²) in [5.41, 5.74) is 2.09. The molecule has 4 aromatic rings. The zero-order valence-corrected chi connectivity index (χ0v) is 16.8. The fraction of sp³-hybridized carbons (Fsp3) is 0.136. The second-order valence-electron chi connectivity index (χ2n) is 6.73. The molecule has 0 aliphatic heterocycles. The van der Waals surface area contributed by atoms with Gasteiger partial charge in [0.1, 0.15) is 0 Å². The maximum atomic E-state index is 12.8. The van der Waals surface area contributed by atoms with Crippen LogP contribution in [-0.4, -0.2) is 16.4 Å². The Morgan fingerprint density at radius 2 is 1.79 bits per heavy atom. The topological polar surface area (TPSA) is 79.0 Å². The third kappa shape index (κ3) is 3.95. The Kier molecular flexibility index (Phi) is 5.22. The summed E-state index contributed by atoms with van der Waals surface area (Å²) >= 11 is 1.15. The second-order valence-corrected chi connectivity index (χ2v) is 8.06. The number of carbonyl (C=O) groups excluding carboxylic acids is 1. The summed E-state index contributed by atoms with van der Waals surface area (Å²) in [5, 5.41) is 7.40. The van der Waals surface area contributed by atoms with Crippen molar-refractivity contribution in [2.24, 2.45) is 0 Å². The number of benzene rings is 3. The average molecular weight is 406 g/mol. The summed E-state index contributed by atoms with van der Waals surface area (Å²) in [4.78, 5) is 25.0. The molecule has 0 fully saturated rings. The summed E-state index contributed by atoms with van der Waals surface area (Å²) < 4.78 is 6.52. The highest BCUT2D eigenvalue weighted by Crippen LogP contribution is 2.25. The van der Waals surface area contributed by atoms with Crippen LogP contribution < -0.4 is 15.6 Å². The largest absolute Gasteiger partial charge is 0.442 e. The normalized spacial score (nSPS) is 12.1. The Labute approximate surface area is 171 Å². The van der Waals surface area contributed by atoms with Crippen molar-refractivity contribution in [3.8, 4) is 5.69 Å². The summed E-state index contributed by atoms with van der Waals surface area (Å²) in [6.07, 6.45) is 0. The van der Waals surface area contributed by atoms with Crippen LogP contribution in [-0.2, 0) is 4.79 Å². The molecule has 1 atom stereocenters. The number of aromatic nitrogens is 2. The van der Waals surface area contributed by atoms with Gasteiger partial charge in [0.15, 0.2) is 0 Å². The highest BCUT2D eigenvalue weighted by molar-refractivity contribution is 8.00. The van der Waals surface area contributed by atoms with Crippen LogP contribution in [0, 0.1) is 6.92 Å². The molecule has 0 radical (unpaired) electrons. The minimum Gasteiger partial charge on any atom is -0.325 e. The lowest BCUT2D eigenvalue weighted by Gasteiger charge is -2.11. The maximum Gasteiger partial charge on any atom is 0.442 e. The van der Waals surface area contributed by atoms with Crippen LogP contribution in [0.5, 0.6) is 0 Å². The van der Waals surface area contributed by atoms with Gasteiger partial charge in [-0.25, -0.2) is 4.79 Å². The number of hydrogen-bond donors (Lipinski definition) is 2. The van der Waals surface area contributed by atoms with Crippen molar-refractivity contribution in [1.82, 2.24) is 5.27 Å². The number of carbonyl (C=O) groups is 1. The van der Waals surface area contributed by atoms with Gasteiger partial charge in [-0.3, -0.25) is 9.32 Å². The highest BCUT2D eigenvalue weighted by Gasteiger charge is 2.29. The van der Waals surface area contributed by atoms with Gasteiger partial charge < -0.3 is 5.32 Å². The van der Waals surface area contributed by atoms with Gasteiger partial charge in [0, 0.05) is 23.2 Å². The van der Waals surface area contributed by atoms with Crippen molar-refractivity contribution in [2.75, 3.05) is 5.32 Å². The lowest BCUT2D eigenvalue weighted by Crippen LogP contribution is -2.37. The van der Waals surface area contributed by atoms with Crippen molar-refractivity contribution < 1.29 is 14.0 Å². The van der Waals surface area contributed by atoms with Crippen LogP contribution in [0.2, 0.25) is 0 Å². The van der Waals surface area contributed by atoms with E-state index in [2.05, 4.69) is 10.6 Å². The van der Waals surface area contributed by atoms with E-state index in [4.69, 9.17) is 4.52 Å². The molecule has 1 unspecified atom stereocenters. The van der Waals surface area contributed by atoms with Gasteiger partial charge in [-0.1, -0.05) is 54.1 Å². The number of aryl methyl sites for hydroxylation is 1. The summed E-state index contributed by atoms with van der Waals surface area (Å²) in [7, 11) is 0. The van der Waals surface area contributed by atoms with E-state index in [9.17, 15) is 9.59 Å². The van der Waals surface area contributed by atoms with E-state index in [-0.39, 0.29) is 5.91 Å². The first-order chi connectivity index (χ1) is 14.0. The lowest BCUT2D eigenvalue weighted by molar-refractivity contribution is -0.704. The monoisotopic (exact) mass is 406 g/mol. The molecular weight excluding hydrogens is 386 g/mol. The van der Waals surface area contributed by atoms with E-state index in [1.54, 1.807) is 11.6 Å². The van der Waals surface area contributed by atoms with Crippen LogP contribution in [0.15, 0.2) is 81.1 Å². The predicted molar refractivity (Wildman–Crippen MR) is 113 cm³/mol. The molecule has 0 aliphatic rings. The molecule has 7 heteroatoms. The Balaban J connectivity index is 1.56. The number of thioether (sulfide) groups is 1. The van der Waals surface area contributed by atoms with Crippen molar-refractivity contribution in [1.29, 1.82) is 0 Å². The third-order valence-electron chi connectivity index (χ3n) is 4.60. The predicted octanol–water partition coefficient (Wildman–Crippen LogP) is 3.83. The van der Waals surface area contributed by atoms with E-state index < -0.39 is 10.9 Å². The third-order valence-corrected chi connectivity index (χ3v) is 5.74. The molecule has 29 heavy (non-hydrogen) atoms. The van der Waals surface area contributed by atoms with Crippen LogP contribution in [0.1, 0.15) is 12.5 Å². The Morgan fingerprint density at radius 1 is 1.07 bits per heavy atom. The van der Waals surface area contributed by atoms with E-state index in [0.717, 1.165) is 39.5 Å². The minimum absolute atomic E-state index is 0.192. The number of nitrogens with one attached hydrogen (secondary N) is 2. The number of anilines is 1. The molecule has 1 heterocycles. The van der Waals surface area contributed by atoms with Gasteiger partial charge in [0.25, 0.3) is 0 Å². The number of aromatic amines is 1. The minimum atomic E-state index is -0.514. The van der Waals surface area contributed by atoms with Gasteiger partial charge >= 0.3 is 10.7 Å². The first-order valence-electron chi connectivity index (χ1n) is 9.19. The molecule has 1 aromatic heterocycles. The quantitative estimate of drug-likeness (QED) is 0.390. The molecule has 0 bridgehead atoms. The summed E-state index contributed by atoms with van der Waals surface area (Å²) in [6.45, 7) is 3.75. The second kappa shape index (κ2) is 7.97. The van der Waals surface area contributed by atoms with Gasteiger partial charge in [-0.05, 0) is 47.0 Å². The Hall–Kier alpha value is -3.32. The molecule has 1 amide bonds. The van der Waals surface area contributed by atoms with Crippen LogP contribution in [0.25, 0.3) is 16.5 Å². The first kappa shape index (κ1) is 19.0. The van der Waals surface area contributed by atoms with E-state index in [1.807, 2.05) is 73.7 Å². The van der Waals surface area contributed by atoms with Crippen LogP contribution >= 0.6 is 11.8 Å². The van der Waals surface area contributed by atoms with Crippen molar-refractivity contribution in [2.45, 2.75) is 24.1 Å². The molecule has 0 saturated heterocycles.